The first kappa shape index (κ1) is 16.4. The number of carbonyl (C=O) groups excluding carboxylic acids is 1. The Morgan fingerprint density at radius 2 is 1.91 bits per heavy atom. The maximum atomic E-state index is 12.4. The van der Waals surface area contributed by atoms with Gasteiger partial charge in [-0.25, -0.2) is 0 Å². The van der Waals surface area contributed by atoms with Crippen molar-refractivity contribution in [2.45, 2.75) is 19.9 Å². The van der Waals surface area contributed by atoms with Crippen molar-refractivity contribution in [3.05, 3.63) is 17.5 Å². The summed E-state index contributed by atoms with van der Waals surface area (Å²) < 4.78 is 10.5. The number of aromatic nitrogens is 1. The van der Waals surface area contributed by atoms with Gasteiger partial charge in [-0.1, -0.05) is 5.16 Å². The molecule has 2 aliphatic rings. The molecule has 1 amide bonds. The van der Waals surface area contributed by atoms with Crippen LogP contribution in [-0.4, -0.2) is 90.8 Å². The molecule has 2 saturated heterocycles. The highest BCUT2D eigenvalue weighted by molar-refractivity contribution is 5.91. The maximum Gasteiger partial charge on any atom is 0.292 e. The molecule has 128 valence electrons. The minimum atomic E-state index is -0.0499. The molecule has 1 unspecified atom stereocenters. The van der Waals surface area contributed by atoms with Crippen molar-refractivity contribution in [3.63, 3.8) is 0 Å². The topological polar surface area (TPSA) is 62.1 Å². The molecule has 7 nitrogen and oxygen atoms in total. The molecule has 2 aliphatic heterocycles. The molecule has 0 spiro atoms. The van der Waals surface area contributed by atoms with Crippen molar-refractivity contribution in [1.29, 1.82) is 0 Å². The molecular weight excluding hydrogens is 296 g/mol. The van der Waals surface area contributed by atoms with E-state index in [-0.39, 0.29) is 5.91 Å². The quantitative estimate of drug-likeness (QED) is 0.803. The fraction of sp³-hybridized carbons (Fsp3) is 0.750. The van der Waals surface area contributed by atoms with Gasteiger partial charge in [-0.2, -0.15) is 0 Å². The van der Waals surface area contributed by atoms with Gasteiger partial charge in [-0.05, 0) is 13.8 Å². The van der Waals surface area contributed by atoms with E-state index in [2.05, 4.69) is 21.9 Å². The molecule has 3 rings (SSSR count). The highest BCUT2D eigenvalue weighted by atomic mass is 16.5. The van der Waals surface area contributed by atoms with Gasteiger partial charge >= 0.3 is 0 Å². The monoisotopic (exact) mass is 322 g/mol. The van der Waals surface area contributed by atoms with E-state index in [1.807, 2.05) is 11.8 Å². The standard InChI is InChI=1S/C16H26N4O3/c1-13-11-15(23-17-13)16(21)20-5-3-19(4-6-20)14(2)12-18-7-9-22-10-8-18/h11,14H,3-10,12H2,1-2H3. The number of hydrogen-bond donors (Lipinski definition) is 0. The van der Waals surface area contributed by atoms with Gasteiger partial charge < -0.3 is 14.2 Å². The lowest BCUT2D eigenvalue weighted by molar-refractivity contribution is 0.0169. The molecule has 0 saturated carbocycles. The zero-order valence-electron chi connectivity index (χ0n) is 14.0. The summed E-state index contributed by atoms with van der Waals surface area (Å²) in [6, 6.07) is 2.20. The number of hydrogen-bond acceptors (Lipinski definition) is 6. The lowest BCUT2D eigenvalue weighted by Gasteiger charge is -2.40. The normalized spacial score (nSPS) is 22.3. The van der Waals surface area contributed by atoms with Crippen LogP contribution in [0.4, 0.5) is 0 Å². The fourth-order valence-corrected chi connectivity index (χ4v) is 3.26. The average Bonchev–Trinajstić information content (AvgIpc) is 3.02. The van der Waals surface area contributed by atoms with Crippen molar-refractivity contribution < 1.29 is 14.1 Å². The molecule has 1 aromatic rings. The van der Waals surface area contributed by atoms with Gasteiger partial charge in [0, 0.05) is 57.9 Å². The molecule has 0 aromatic carbocycles. The molecule has 1 aromatic heterocycles. The lowest BCUT2D eigenvalue weighted by atomic mass is 10.2. The Bertz CT molecular complexity index is 519. The molecular formula is C16H26N4O3. The molecule has 0 aliphatic carbocycles. The molecule has 7 heteroatoms. The smallest absolute Gasteiger partial charge is 0.292 e. The van der Waals surface area contributed by atoms with E-state index in [0.717, 1.165) is 64.7 Å². The first-order valence-electron chi connectivity index (χ1n) is 8.40. The van der Waals surface area contributed by atoms with E-state index >= 15 is 0 Å². The minimum absolute atomic E-state index is 0.0499. The van der Waals surface area contributed by atoms with Gasteiger partial charge in [0.2, 0.25) is 5.76 Å². The molecule has 1 atom stereocenters. The number of amides is 1. The van der Waals surface area contributed by atoms with Crippen LogP contribution in [0.15, 0.2) is 10.6 Å². The van der Waals surface area contributed by atoms with E-state index in [1.54, 1.807) is 6.07 Å². The van der Waals surface area contributed by atoms with Crippen LogP contribution >= 0.6 is 0 Å². The zero-order valence-corrected chi connectivity index (χ0v) is 14.0. The highest BCUT2D eigenvalue weighted by Crippen LogP contribution is 2.12. The van der Waals surface area contributed by atoms with Crippen LogP contribution in [0.5, 0.6) is 0 Å². The van der Waals surface area contributed by atoms with E-state index in [4.69, 9.17) is 9.26 Å². The number of carbonyl (C=O) groups is 1. The molecule has 0 N–H and O–H groups in total. The van der Waals surface area contributed by atoms with Crippen LogP contribution in [0, 0.1) is 6.92 Å². The Morgan fingerprint density at radius 3 is 2.52 bits per heavy atom. The maximum absolute atomic E-state index is 12.4. The SMILES string of the molecule is Cc1cc(C(=O)N2CCN(C(C)CN3CCOCC3)CC2)on1. The number of aryl methyl sites for hydroxylation is 1. The number of nitrogens with zero attached hydrogens (tertiary/aromatic N) is 4. The Hall–Kier alpha value is -1.44. The fourth-order valence-electron chi connectivity index (χ4n) is 3.26. The third-order valence-electron chi connectivity index (χ3n) is 4.69. The largest absolute Gasteiger partial charge is 0.379 e. The van der Waals surface area contributed by atoms with Crippen molar-refractivity contribution in [1.82, 2.24) is 19.9 Å². The summed E-state index contributed by atoms with van der Waals surface area (Å²) in [6.45, 7) is 12.2. The van der Waals surface area contributed by atoms with Crippen molar-refractivity contribution in [2.75, 3.05) is 59.0 Å². The summed E-state index contributed by atoms with van der Waals surface area (Å²) in [6.07, 6.45) is 0. The Kier molecular flexibility index (Phi) is 5.30. The molecule has 3 heterocycles. The predicted octanol–water partition coefficient (Wildman–Crippen LogP) is 0.462. The summed E-state index contributed by atoms with van der Waals surface area (Å²) in [7, 11) is 0. The van der Waals surface area contributed by atoms with Crippen LogP contribution in [0.25, 0.3) is 0 Å². The summed E-state index contributed by atoms with van der Waals surface area (Å²) in [5, 5.41) is 3.79. The van der Waals surface area contributed by atoms with Crippen LogP contribution < -0.4 is 0 Å². The van der Waals surface area contributed by atoms with E-state index in [0.29, 0.717) is 11.8 Å². The number of morpholine rings is 1. The van der Waals surface area contributed by atoms with Gasteiger partial charge in [0.25, 0.3) is 5.91 Å². The Morgan fingerprint density at radius 1 is 1.22 bits per heavy atom. The van der Waals surface area contributed by atoms with Crippen LogP contribution in [0.3, 0.4) is 0 Å². The molecule has 2 fully saturated rings. The van der Waals surface area contributed by atoms with E-state index in [1.165, 1.54) is 0 Å². The van der Waals surface area contributed by atoms with Crippen molar-refractivity contribution >= 4 is 5.91 Å². The van der Waals surface area contributed by atoms with Crippen LogP contribution in [0.2, 0.25) is 0 Å². The summed E-state index contributed by atoms with van der Waals surface area (Å²) in [5.41, 5.74) is 0.742. The minimum Gasteiger partial charge on any atom is -0.379 e. The second-order valence-corrected chi connectivity index (χ2v) is 6.42. The second-order valence-electron chi connectivity index (χ2n) is 6.42. The zero-order chi connectivity index (χ0) is 16.2. The lowest BCUT2D eigenvalue weighted by Crippen LogP contribution is -2.54. The Labute approximate surface area is 137 Å². The van der Waals surface area contributed by atoms with Gasteiger partial charge in [-0.3, -0.25) is 14.6 Å². The number of ether oxygens (including phenoxy) is 1. The first-order valence-corrected chi connectivity index (χ1v) is 8.40. The summed E-state index contributed by atoms with van der Waals surface area (Å²) in [5.74, 6) is 0.295. The number of piperazine rings is 1. The summed E-state index contributed by atoms with van der Waals surface area (Å²) in [4.78, 5) is 19.1. The van der Waals surface area contributed by atoms with Crippen molar-refractivity contribution in [3.8, 4) is 0 Å². The van der Waals surface area contributed by atoms with E-state index < -0.39 is 0 Å². The average molecular weight is 322 g/mol. The van der Waals surface area contributed by atoms with Gasteiger partial charge in [0.15, 0.2) is 0 Å². The van der Waals surface area contributed by atoms with Crippen molar-refractivity contribution in [2.24, 2.45) is 0 Å². The third kappa shape index (κ3) is 4.10. The van der Waals surface area contributed by atoms with Crippen LogP contribution in [0.1, 0.15) is 23.2 Å². The second kappa shape index (κ2) is 7.42. The number of rotatable bonds is 4. The Balaban J connectivity index is 1.46. The van der Waals surface area contributed by atoms with E-state index in [9.17, 15) is 4.79 Å². The highest BCUT2D eigenvalue weighted by Gasteiger charge is 2.27. The first-order chi connectivity index (χ1) is 11.1. The van der Waals surface area contributed by atoms with Gasteiger partial charge in [0.05, 0.1) is 18.9 Å². The van der Waals surface area contributed by atoms with Gasteiger partial charge in [0.1, 0.15) is 0 Å². The molecule has 23 heavy (non-hydrogen) atoms. The van der Waals surface area contributed by atoms with Gasteiger partial charge in [-0.15, -0.1) is 0 Å². The summed E-state index contributed by atoms with van der Waals surface area (Å²) >= 11 is 0. The predicted molar refractivity (Wildman–Crippen MR) is 85.4 cm³/mol. The third-order valence-corrected chi connectivity index (χ3v) is 4.69. The van der Waals surface area contributed by atoms with Crippen LogP contribution in [-0.2, 0) is 4.74 Å². The molecule has 0 bridgehead atoms. The molecule has 0 radical (unpaired) electrons.